The minimum absolute atomic E-state index is 0.262. The maximum Gasteiger partial charge on any atom is 0.303 e. The Morgan fingerprint density at radius 2 is 1.70 bits per heavy atom. The molecule has 1 saturated heterocycles. The van der Waals surface area contributed by atoms with Gasteiger partial charge < -0.3 is 18.9 Å². The summed E-state index contributed by atoms with van der Waals surface area (Å²) < 4.78 is 20.7. The second-order valence-corrected chi connectivity index (χ2v) is 5.72. The van der Waals surface area contributed by atoms with Gasteiger partial charge in [-0.3, -0.25) is 14.4 Å². The number of hydrogen-bond acceptors (Lipinski definition) is 8. The summed E-state index contributed by atoms with van der Waals surface area (Å²) in [5.41, 5.74) is 8.60. The van der Waals surface area contributed by atoms with Gasteiger partial charge in [-0.1, -0.05) is 21.0 Å². The van der Waals surface area contributed by atoms with Crippen LogP contribution < -0.4 is 0 Å². The zero-order chi connectivity index (χ0) is 17.6. The van der Waals surface area contributed by atoms with E-state index in [4.69, 9.17) is 24.5 Å². The monoisotopic (exact) mass is 393 g/mol. The number of ether oxygens (including phenoxy) is 4. The van der Waals surface area contributed by atoms with Crippen LogP contribution in [0.1, 0.15) is 20.8 Å². The number of halogens is 1. The summed E-state index contributed by atoms with van der Waals surface area (Å²) in [6, 6.07) is 0. The predicted molar refractivity (Wildman–Crippen MR) is 78.3 cm³/mol. The summed E-state index contributed by atoms with van der Waals surface area (Å²) in [5.74, 6) is -1.82. The Labute approximate surface area is 140 Å². The quantitative estimate of drug-likeness (QED) is 0.171. The molecule has 0 saturated carbocycles. The average molecular weight is 394 g/mol. The lowest BCUT2D eigenvalue weighted by Crippen LogP contribution is -2.58. The molecule has 11 heteroatoms. The molecule has 0 aromatic rings. The molecule has 1 aliphatic heterocycles. The van der Waals surface area contributed by atoms with Gasteiger partial charge in [0.15, 0.2) is 18.4 Å². The molecule has 0 N–H and O–H groups in total. The number of rotatable bonds is 5. The molecule has 0 aliphatic carbocycles. The van der Waals surface area contributed by atoms with Crippen LogP contribution in [0.4, 0.5) is 0 Å². The minimum atomic E-state index is -1.04. The van der Waals surface area contributed by atoms with E-state index in [1.165, 1.54) is 20.8 Å². The van der Waals surface area contributed by atoms with Gasteiger partial charge in [-0.25, -0.2) is 0 Å². The molecule has 1 aliphatic rings. The molecule has 5 unspecified atom stereocenters. The fourth-order valence-electron chi connectivity index (χ4n) is 2.02. The Morgan fingerprint density at radius 1 is 1.13 bits per heavy atom. The summed E-state index contributed by atoms with van der Waals surface area (Å²) in [6.07, 6.45) is -4.03. The van der Waals surface area contributed by atoms with Crippen LogP contribution in [0.25, 0.3) is 10.4 Å². The summed E-state index contributed by atoms with van der Waals surface area (Å²) in [6.45, 7) is 3.30. The third-order valence-electron chi connectivity index (χ3n) is 2.81. The van der Waals surface area contributed by atoms with Gasteiger partial charge in [0.25, 0.3) is 0 Å². The first-order valence-electron chi connectivity index (χ1n) is 6.57. The maximum atomic E-state index is 11.3. The SMILES string of the molecule is CC(=O)OCC1OC(N=[N+]=[N-])C(Br)C(OC(C)=O)C1OC(C)=O. The molecular weight excluding hydrogens is 378 g/mol. The minimum Gasteiger partial charge on any atom is -0.463 e. The number of nitrogens with zero attached hydrogens (tertiary/aromatic N) is 3. The number of carbonyl (C=O) groups excluding carboxylic acids is 3. The second kappa shape index (κ2) is 8.70. The van der Waals surface area contributed by atoms with E-state index in [9.17, 15) is 14.4 Å². The van der Waals surface area contributed by atoms with Crippen molar-refractivity contribution in [1.29, 1.82) is 0 Å². The number of carbonyl (C=O) groups is 3. The fraction of sp³-hybridized carbons (Fsp3) is 0.750. The molecule has 0 spiro atoms. The van der Waals surface area contributed by atoms with Crippen molar-refractivity contribution in [2.24, 2.45) is 5.11 Å². The highest BCUT2D eigenvalue weighted by Crippen LogP contribution is 2.32. The molecule has 0 aromatic carbocycles. The normalized spacial score (nSPS) is 29.8. The molecule has 1 heterocycles. The van der Waals surface area contributed by atoms with E-state index >= 15 is 0 Å². The molecule has 23 heavy (non-hydrogen) atoms. The Morgan fingerprint density at radius 3 is 2.17 bits per heavy atom. The summed E-state index contributed by atoms with van der Waals surface area (Å²) in [5, 5.41) is 3.45. The molecule has 0 bridgehead atoms. The first-order valence-corrected chi connectivity index (χ1v) is 7.49. The average Bonchev–Trinajstić information content (AvgIpc) is 2.43. The summed E-state index contributed by atoms with van der Waals surface area (Å²) in [4.78, 5) is 35.5. The second-order valence-electron chi connectivity index (χ2n) is 4.67. The van der Waals surface area contributed by atoms with Crippen LogP contribution >= 0.6 is 15.9 Å². The van der Waals surface area contributed by atoms with E-state index in [2.05, 4.69) is 26.0 Å². The molecule has 10 nitrogen and oxygen atoms in total. The van der Waals surface area contributed by atoms with Gasteiger partial charge in [0, 0.05) is 25.7 Å². The van der Waals surface area contributed by atoms with Crippen LogP contribution in [0.3, 0.4) is 0 Å². The Balaban J connectivity index is 3.09. The van der Waals surface area contributed by atoms with Crippen LogP contribution in [-0.2, 0) is 33.3 Å². The number of alkyl halides is 1. The third-order valence-corrected chi connectivity index (χ3v) is 3.78. The lowest BCUT2D eigenvalue weighted by atomic mass is 10.0. The molecule has 1 fully saturated rings. The highest BCUT2D eigenvalue weighted by Gasteiger charge is 2.49. The maximum absolute atomic E-state index is 11.3. The van der Waals surface area contributed by atoms with Gasteiger partial charge in [-0.2, -0.15) is 0 Å². The largest absolute Gasteiger partial charge is 0.463 e. The van der Waals surface area contributed by atoms with E-state index in [0.29, 0.717) is 0 Å². The van der Waals surface area contributed by atoms with Gasteiger partial charge >= 0.3 is 17.9 Å². The van der Waals surface area contributed by atoms with Crippen LogP contribution in [0.5, 0.6) is 0 Å². The van der Waals surface area contributed by atoms with Gasteiger partial charge in [0.2, 0.25) is 0 Å². The van der Waals surface area contributed by atoms with E-state index in [-0.39, 0.29) is 6.61 Å². The van der Waals surface area contributed by atoms with Crippen molar-refractivity contribution in [1.82, 2.24) is 0 Å². The lowest BCUT2D eigenvalue weighted by molar-refractivity contribution is -0.211. The van der Waals surface area contributed by atoms with E-state index < -0.39 is 47.3 Å². The van der Waals surface area contributed by atoms with Crippen molar-refractivity contribution in [3.05, 3.63) is 10.4 Å². The van der Waals surface area contributed by atoms with Crippen molar-refractivity contribution in [3.8, 4) is 0 Å². The Bertz CT molecular complexity index is 523. The topological polar surface area (TPSA) is 137 Å². The molecule has 0 aromatic heterocycles. The number of esters is 3. The standard InChI is InChI=1S/C12H16BrN3O7/c1-5(17)20-4-8-10(21-6(2)18)11(22-7(3)19)9(13)12(23-8)15-16-14/h8-12H,4H2,1-3H3. The molecule has 0 radical (unpaired) electrons. The van der Waals surface area contributed by atoms with Crippen molar-refractivity contribution in [2.45, 2.75) is 50.1 Å². The summed E-state index contributed by atoms with van der Waals surface area (Å²) in [7, 11) is 0. The first kappa shape index (κ1) is 19.2. The third kappa shape index (κ3) is 5.70. The molecule has 0 amide bonds. The lowest BCUT2D eigenvalue weighted by Gasteiger charge is -2.41. The smallest absolute Gasteiger partial charge is 0.303 e. The number of azide groups is 1. The Kier molecular flexibility index (Phi) is 7.27. The van der Waals surface area contributed by atoms with Crippen molar-refractivity contribution in [3.63, 3.8) is 0 Å². The van der Waals surface area contributed by atoms with E-state index in [0.717, 1.165) is 0 Å². The molecule has 128 valence electrons. The Hall–Kier alpha value is -1.84. The predicted octanol–water partition coefficient (Wildman–Crippen LogP) is 1.21. The van der Waals surface area contributed by atoms with Gasteiger partial charge in [-0.15, -0.1) is 0 Å². The molecular formula is C12H16BrN3O7. The van der Waals surface area contributed by atoms with Crippen molar-refractivity contribution < 1.29 is 33.3 Å². The van der Waals surface area contributed by atoms with Crippen LogP contribution in [-0.4, -0.2) is 53.9 Å². The van der Waals surface area contributed by atoms with E-state index in [1.54, 1.807) is 0 Å². The van der Waals surface area contributed by atoms with Gasteiger partial charge in [-0.05, 0) is 5.53 Å². The first-order chi connectivity index (χ1) is 10.8. The van der Waals surface area contributed by atoms with Gasteiger partial charge in [0.05, 0.1) is 4.83 Å². The van der Waals surface area contributed by atoms with Gasteiger partial charge in [0.1, 0.15) is 12.7 Å². The molecule has 1 rings (SSSR count). The highest BCUT2D eigenvalue weighted by molar-refractivity contribution is 9.09. The van der Waals surface area contributed by atoms with E-state index in [1.807, 2.05) is 0 Å². The summed E-state index contributed by atoms with van der Waals surface area (Å²) >= 11 is 3.22. The zero-order valence-electron chi connectivity index (χ0n) is 12.7. The van der Waals surface area contributed by atoms with Crippen LogP contribution in [0, 0.1) is 0 Å². The van der Waals surface area contributed by atoms with Crippen molar-refractivity contribution >= 4 is 33.8 Å². The van der Waals surface area contributed by atoms with Crippen molar-refractivity contribution in [2.75, 3.05) is 6.61 Å². The van der Waals surface area contributed by atoms with Crippen LogP contribution in [0.2, 0.25) is 0 Å². The van der Waals surface area contributed by atoms with Crippen LogP contribution in [0.15, 0.2) is 5.11 Å². The zero-order valence-corrected chi connectivity index (χ0v) is 14.3. The molecule has 5 atom stereocenters. The number of hydrogen-bond donors (Lipinski definition) is 0. The highest BCUT2D eigenvalue weighted by atomic mass is 79.9. The fourth-order valence-corrected chi connectivity index (χ4v) is 2.66.